The number of hydrogen-bond acceptors (Lipinski definition) is 3. The van der Waals surface area contributed by atoms with E-state index in [0.29, 0.717) is 5.69 Å². The standard InChI is InChI=1S/C11H12BrNO2S/c1-11(2,16(3,14)15)7-6-10-5-4-9(12)8-13-10/h4-5,8H,1-3H3. The van der Waals surface area contributed by atoms with Crippen molar-refractivity contribution in [2.45, 2.75) is 18.6 Å². The van der Waals surface area contributed by atoms with E-state index in [0.717, 1.165) is 4.47 Å². The molecular formula is C11H12BrNO2S. The third-order valence-electron chi connectivity index (χ3n) is 2.15. The van der Waals surface area contributed by atoms with Gasteiger partial charge in [0.05, 0.1) is 0 Å². The van der Waals surface area contributed by atoms with Gasteiger partial charge >= 0.3 is 0 Å². The van der Waals surface area contributed by atoms with Gasteiger partial charge in [0, 0.05) is 16.9 Å². The molecule has 0 N–H and O–H groups in total. The summed E-state index contributed by atoms with van der Waals surface area (Å²) in [5.74, 6) is 5.48. The molecule has 0 fully saturated rings. The van der Waals surface area contributed by atoms with Crippen LogP contribution in [0.4, 0.5) is 0 Å². The van der Waals surface area contributed by atoms with E-state index >= 15 is 0 Å². The van der Waals surface area contributed by atoms with E-state index in [2.05, 4.69) is 32.8 Å². The van der Waals surface area contributed by atoms with Crippen LogP contribution in [-0.2, 0) is 9.84 Å². The highest BCUT2D eigenvalue weighted by Crippen LogP contribution is 2.13. The Hall–Kier alpha value is -0.860. The molecule has 1 heterocycles. The van der Waals surface area contributed by atoms with Crippen molar-refractivity contribution >= 4 is 25.8 Å². The average Bonchev–Trinajstić information content (AvgIpc) is 2.15. The summed E-state index contributed by atoms with van der Waals surface area (Å²) in [4.78, 5) is 4.05. The Morgan fingerprint density at radius 1 is 1.38 bits per heavy atom. The number of nitrogens with zero attached hydrogens (tertiary/aromatic N) is 1. The second kappa shape index (κ2) is 4.56. The highest BCUT2D eigenvalue weighted by molar-refractivity contribution is 9.10. The molecule has 3 nitrogen and oxygen atoms in total. The van der Waals surface area contributed by atoms with E-state index in [-0.39, 0.29) is 0 Å². The van der Waals surface area contributed by atoms with Gasteiger partial charge in [-0.05, 0) is 47.8 Å². The van der Waals surface area contributed by atoms with Crippen LogP contribution in [0.25, 0.3) is 0 Å². The van der Waals surface area contributed by atoms with Crippen molar-refractivity contribution in [1.29, 1.82) is 0 Å². The summed E-state index contributed by atoms with van der Waals surface area (Å²) in [7, 11) is -3.19. The van der Waals surface area contributed by atoms with Gasteiger partial charge in [-0.15, -0.1) is 0 Å². The molecule has 1 aromatic heterocycles. The van der Waals surface area contributed by atoms with Gasteiger partial charge in [-0.2, -0.15) is 0 Å². The highest BCUT2D eigenvalue weighted by atomic mass is 79.9. The lowest BCUT2D eigenvalue weighted by molar-refractivity contribution is 0.581. The monoisotopic (exact) mass is 301 g/mol. The quantitative estimate of drug-likeness (QED) is 0.746. The fourth-order valence-corrected chi connectivity index (χ4v) is 1.23. The second-order valence-electron chi connectivity index (χ2n) is 3.89. The Labute approximate surface area is 104 Å². The van der Waals surface area contributed by atoms with Crippen LogP contribution in [0.1, 0.15) is 19.5 Å². The lowest BCUT2D eigenvalue weighted by Gasteiger charge is -2.13. The molecule has 0 aliphatic heterocycles. The first kappa shape index (κ1) is 13.2. The van der Waals surface area contributed by atoms with E-state index in [1.165, 1.54) is 6.26 Å². The van der Waals surface area contributed by atoms with E-state index in [4.69, 9.17) is 0 Å². The van der Waals surface area contributed by atoms with E-state index in [9.17, 15) is 8.42 Å². The Kier molecular flexibility index (Phi) is 3.76. The summed E-state index contributed by atoms with van der Waals surface area (Å²) in [5.41, 5.74) is 0.555. The van der Waals surface area contributed by atoms with Gasteiger partial charge < -0.3 is 0 Å². The number of pyridine rings is 1. The molecule has 0 atom stereocenters. The van der Waals surface area contributed by atoms with Crippen LogP contribution in [0.3, 0.4) is 0 Å². The van der Waals surface area contributed by atoms with Crippen LogP contribution in [0.2, 0.25) is 0 Å². The van der Waals surface area contributed by atoms with Gasteiger partial charge in [0.15, 0.2) is 9.84 Å². The van der Waals surface area contributed by atoms with Crippen LogP contribution in [0, 0.1) is 11.8 Å². The van der Waals surface area contributed by atoms with Crippen molar-refractivity contribution in [2.75, 3.05) is 6.26 Å². The molecule has 0 saturated carbocycles. The van der Waals surface area contributed by atoms with Crippen molar-refractivity contribution in [3.63, 3.8) is 0 Å². The minimum atomic E-state index is -3.19. The predicted octanol–water partition coefficient (Wildman–Crippen LogP) is 2.02. The summed E-state index contributed by atoms with van der Waals surface area (Å²) >= 11 is 3.26. The number of sulfone groups is 1. The summed E-state index contributed by atoms with van der Waals surface area (Å²) in [6, 6.07) is 3.54. The van der Waals surface area contributed by atoms with Crippen molar-refractivity contribution in [3.8, 4) is 11.8 Å². The Balaban J connectivity index is 3.03. The predicted molar refractivity (Wildman–Crippen MR) is 67.7 cm³/mol. The molecule has 0 bridgehead atoms. The van der Waals surface area contributed by atoms with Crippen molar-refractivity contribution < 1.29 is 8.42 Å². The van der Waals surface area contributed by atoms with Gasteiger partial charge in [0.25, 0.3) is 0 Å². The van der Waals surface area contributed by atoms with Gasteiger partial charge in [-0.1, -0.05) is 5.92 Å². The molecule has 1 aromatic rings. The Morgan fingerprint density at radius 2 is 2.00 bits per heavy atom. The van der Waals surface area contributed by atoms with Crippen LogP contribution in [-0.4, -0.2) is 24.4 Å². The SMILES string of the molecule is CC(C)(C#Cc1ccc(Br)cn1)S(C)(=O)=O. The summed E-state index contributed by atoms with van der Waals surface area (Å²) in [6.45, 7) is 3.16. The topological polar surface area (TPSA) is 47.0 Å². The van der Waals surface area contributed by atoms with Gasteiger partial charge in [-0.25, -0.2) is 13.4 Å². The zero-order chi connectivity index (χ0) is 12.4. The third-order valence-corrected chi connectivity index (χ3v) is 4.57. The lowest BCUT2D eigenvalue weighted by Crippen LogP contribution is -2.28. The average molecular weight is 302 g/mol. The van der Waals surface area contributed by atoms with E-state index in [1.54, 1.807) is 26.1 Å². The third kappa shape index (κ3) is 3.32. The minimum absolute atomic E-state index is 0.555. The highest BCUT2D eigenvalue weighted by Gasteiger charge is 2.27. The molecule has 5 heteroatoms. The molecule has 0 aliphatic rings. The van der Waals surface area contributed by atoms with E-state index < -0.39 is 14.6 Å². The molecule has 16 heavy (non-hydrogen) atoms. The molecule has 0 aromatic carbocycles. The van der Waals surface area contributed by atoms with Gasteiger partial charge in [0.2, 0.25) is 0 Å². The second-order valence-corrected chi connectivity index (χ2v) is 7.37. The molecule has 0 unspecified atom stereocenters. The smallest absolute Gasteiger partial charge is 0.163 e. The minimum Gasteiger partial charge on any atom is -0.247 e. The van der Waals surface area contributed by atoms with Crippen LogP contribution in [0.5, 0.6) is 0 Å². The fourth-order valence-electron chi connectivity index (χ4n) is 0.757. The zero-order valence-corrected chi connectivity index (χ0v) is 11.7. The Bertz CT molecular complexity index is 536. The molecule has 0 spiro atoms. The molecule has 0 amide bonds. The number of aromatic nitrogens is 1. The summed E-state index contributed by atoms with van der Waals surface area (Å²) < 4.78 is 22.6. The molecule has 1 rings (SSSR count). The zero-order valence-electron chi connectivity index (χ0n) is 9.28. The molecule has 0 radical (unpaired) electrons. The van der Waals surface area contributed by atoms with Crippen molar-refractivity contribution in [3.05, 3.63) is 28.5 Å². The molecule has 86 valence electrons. The molecular weight excluding hydrogens is 290 g/mol. The number of hydrogen-bond donors (Lipinski definition) is 0. The van der Waals surface area contributed by atoms with Crippen molar-refractivity contribution in [1.82, 2.24) is 4.98 Å². The molecule has 0 saturated heterocycles. The van der Waals surface area contributed by atoms with Crippen LogP contribution in [0.15, 0.2) is 22.8 Å². The van der Waals surface area contributed by atoms with Crippen LogP contribution < -0.4 is 0 Å². The summed E-state index contributed by atoms with van der Waals surface area (Å²) in [6.07, 6.45) is 2.80. The molecule has 0 aliphatic carbocycles. The van der Waals surface area contributed by atoms with Crippen LogP contribution >= 0.6 is 15.9 Å². The maximum Gasteiger partial charge on any atom is 0.163 e. The largest absolute Gasteiger partial charge is 0.247 e. The first-order chi connectivity index (χ1) is 7.22. The summed E-state index contributed by atoms with van der Waals surface area (Å²) in [5, 5.41) is 0. The van der Waals surface area contributed by atoms with Crippen molar-refractivity contribution in [2.24, 2.45) is 0 Å². The Morgan fingerprint density at radius 3 is 2.44 bits per heavy atom. The number of rotatable bonds is 1. The first-order valence-corrected chi connectivity index (χ1v) is 7.25. The lowest BCUT2D eigenvalue weighted by atomic mass is 10.2. The van der Waals surface area contributed by atoms with Gasteiger partial charge in [-0.3, -0.25) is 0 Å². The maximum absolute atomic E-state index is 11.4. The maximum atomic E-state index is 11.4. The fraction of sp³-hybridized carbons (Fsp3) is 0.364. The number of halogens is 1. The normalized spacial score (nSPS) is 11.8. The van der Waals surface area contributed by atoms with Gasteiger partial charge in [0.1, 0.15) is 10.4 Å². The first-order valence-electron chi connectivity index (χ1n) is 4.57. The van der Waals surface area contributed by atoms with E-state index in [1.807, 2.05) is 6.07 Å².